The molecule has 1 unspecified atom stereocenters. The number of rotatable bonds is 5. The quantitative estimate of drug-likeness (QED) is 0.772. The van der Waals surface area contributed by atoms with Crippen molar-refractivity contribution >= 4 is 17.8 Å². The number of hydrogen-bond acceptors (Lipinski definition) is 5. The number of esters is 1. The van der Waals surface area contributed by atoms with Crippen molar-refractivity contribution in [2.45, 2.75) is 58.1 Å². The molecule has 0 aromatic rings. The van der Waals surface area contributed by atoms with Crippen molar-refractivity contribution < 1.29 is 23.9 Å². The minimum absolute atomic E-state index is 0.108. The fraction of sp³-hybridized carbons (Fsp3) is 0.632. The summed E-state index contributed by atoms with van der Waals surface area (Å²) in [4.78, 5) is 36.3. The minimum Gasteiger partial charge on any atom is -0.457 e. The molecule has 1 amide bonds. The van der Waals surface area contributed by atoms with Crippen molar-refractivity contribution in [2.24, 2.45) is 11.8 Å². The van der Waals surface area contributed by atoms with Crippen molar-refractivity contribution in [2.75, 3.05) is 6.61 Å². The molecule has 3 atom stereocenters. The predicted octanol–water partition coefficient (Wildman–Crippen LogP) is 2.92. The van der Waals surface area contributed by atoms with Gasteiger partial charge in [0.05, 0.1) is 5.92 Å². The lowest BCUT2D eigenvalue weighted by Gasteiger charge is -2.24. The second-order valence-electron chi connectivity index (χ2n) is 7.52. The third-order valence-corrected chi connectivity index (χ3v) is 4.27. The van der Waals surface area contributed by atoms with Crippen LogP contribution in [0.2, 0.25) is 0 Å². The number of amides is 1. The molecule has 1 fully saturated rings. The first-order valence-corrected chi connectivity index (χ1v) is 8.78. The minimum atomic E-state index is -0.590. The molecule has 0 bridgehead atoms. The molecular formula is C19H27NO5. The third kappa shape index (κ3) is 6.03. The van der Waals surface area contributed by atoms with Gasteiger partial charge in [-0.1, -0.05) is 30.7 Å². The van der Waals surface area contributed by atoms with Gasteiger partial charge in [-0.25, -0.2) is 4.79 Å². The molecular weight excluding hydrogens is 322 g/mol. The van der Waals surface area contributed by atoms with Crippen LogP contribution in [0, 0.1) is 11.8 Å². The zero-order valence-electron chi connectivity index (χ0n) is 15.1. The Kier molecular flexibility index (Phi) is 6.39. The molecule has 25 heavy (non-hydrogen) atoms. The molecule has 0 radical (unpaired) electrons. The van der Waals surface area contributed by atoms with Crippen LogP contribution in [-0.2, 0) is 19.1 Å². The number of hydrogen-bond donors (Lipinski definition) is 1. The number of carbonyl (C=O) groups is 3. The van der Waals surface area contributed by atoms with Gasteiger partial charge in [0.15, 0.2) is 12.4 Å². The van der Waals surface area contributed by atoms with E-state index in [4.69, 9.17) is 9.47 Å². The molecule has 2 aliphatic rings. The number of ether oxygens (including phenoxy) is 2. The maximum Gasteiger partial charge on any atom is 0.407 e. The summed E-state index contributed by atoms with van der Waals surface area (Å²) < 4.78 is 10.5. The van der Waals surface area contributed by atoms with Gasteiger partial charge in [0.1, 0.15) is 5.60 Å². The molecule has 2 rings (SSSR count). The predicted molar refractivity (Wildman–Crippen MR) is 92.9 cm³/mol. The van der Waals surface area contributed by atoms with E-state index < -0.39 is 23.6 Å². The first-order valence-electron chi connectivity index (χ1n) is 8.78. The average molecular weight is 349 g/mol. The lowest BCUT2D eigenvalue weighted by molar-refractivity contribution is -0.153. The van der Waals surface area contributed by atoms with Crippen molar-refractivity contribution in [3.05, 3.63) is 24.3 Å². The summed E-state index contributed by atoms with van der Waals surface area (Å²) in [5.74, 6) is -1.19. The van der Waals surface area contributed by atoms with E-state index in [0.29, 0.717) is 19.3 Å². The Morgan fingerprint density at radius 2 is 1.92 bits per heavy atom. The molecule has 2 aliphatic carbocycles. The van der Waals surface area contributed by atoms with Crippen LogP contribution in [0.3, 0.4) is 0 Å². The highest BCUT2D eigenvalue weighted by atomic mass is 16.6. The maximum atomic E-state index is 12.3. The van der Waals surface area contributed by atoms with Gasteiger partial charge in [0.25, 0.3) is 0 Å². The van der Waals surface area contributed by atoms with Gasteiger partial charge in [0, 0.05) is 12.0 Å². The largest absolute Gasteiger partial charge is 0.457 e. The lowest BCUT2D eigenvalue weighted by Crippen LogP contribution is -2.43. The number of carbonyl (C=O) groups excluding carboxylic acids is 3. The summed E-state index contributed by atoms with van der Waals surface area (Å²) in [7, 11) is 0. The Morgan fingerprint density at radius 3 is 2.56 bits per heavy atom. The fourth-order valence-corrected chi connectivity index (χ4v) is 3.05. The Bertz CT molecular complexity index is 573. The SMILES string of the molecule is CC(C)(C)OC(=O)N[C@H]1CCC[C@H]1C(=O)OCC(=O)C1C=CC=CC1. The van der Waals surface area contributed by atoms with Crippen LogP contribution in [0.5, 0.6) is 0 Å². The topological polar surface area (TPSA) is 81.7 Å². The highest BCUT2D eigenvalue weighted by Crippen LogP contribution is 2.27. The molecule has 0 heterocycles. The Balaban J connectivity index is 1.81. The van der Waals surface area contributed by atoms with Crippen LogP contribution < -0.4 is 5.32 Å². The van der Waals surface area contributed by atoms with Crippen molar-refractivity contribution in [3.8, 4) is 0 Å². The van der Waals surface area contributed by atoms with Crippen LogP contribution in [0.4, 0.5) is 4.79 Å². The Hall–Kier alpha value is -2.11. The van der Waals surface area contributed by atoms with Crippen LogP contribution in [0.25, 0.3) is 0 Å². The van der Waals surface area contributed by atoms with Gasteiger partial charge < -0.3 is 14.8 Å². The molecule has 0 aliphatic heterocycles. The first kappa shape index (κ1) is 19.2. The summed E-state index contributed by atoms with van der Waals surface area (Å²) in [6.07, 6.45) is 9.71. The van der Waals surface area contributed by atoms with Crippen LogP contribution in [0.15, 0.2) is 24.3 Å². The fourth-order valence-electron chi connectivity index (χ4n) is 3.05. The summed E-state index contributed by atoms with van der Waals surface area (Å²) in [5, 5.41) is 2.75. The second kappa shape index (κ2) is 8.32. The molecule has 0 aromatic heterocycles. The van der Waals surface area contributed by atoms with Gasteiger partial charge in [-0.15, -0.1) is 0 Å². The van der Waals surface area contributed by atoms with Gasteiger partial charge in [-0.2, -0.15) is 0 Å². The zero-order valence-corrected chi connectivity index (χ0v) is 15.1. The molecule has 0 aromatic carbocycles. The van der Waals surface area contributed by atoms with Crippen molar-refractivity contribution in [3.63, 3.8) is 0 Å². The van der Waals surface area contributed by atoms with E-state index in [1.165, 1.54) is 0 Å². The Labute approximate surface area is 148 Å². The van der Waals surface area contributed by atoms with E-state index in [2.05, 4.69) is 5.32 Å². The Morgan fingerprint density at radius 1 is 1.16 bits per heavy atom. The summed E-state index contributed by atoms with van der Waals surface area (Å²) in [5.41, 5.74) is -0.590. The average Bonchev–Trinajstić information content (AvgIpc) is 2.99. The van der Waals surface area contributed by atoms with E-state index in [-0.39, 0.29) is 24.3 Å². The summed E-state index contributed by atoms with van der Waals surface area (Å²) in [6, 6.07) is -0.310. The number of Topliss-reactive ketones (excluding diaryl/α,β-unsaturated/α-hetero) is 1. The van der Waals surface area contributed by atoms with E-state index in [9.17, 15) is 14.4 Å². The number of ketones is 1. The number of allylic oxidation sites excluding steroid dienone is 4. The molecule has 0 saturated heterocycles. The van der Waals surface area contributed by atoms with Crippen LogP contribution >= 0.6 is 0 Å². The normalized spacial score (nSPS) is 25.5. The molecule has 6 nitrogen and oxygen atoms in total. The van der Waals surface area contributed by atoms with Crippen molar-refractivity contribution in [1.29, 1.82) is 0 Å². The standard InChI is InChI=1S/C19H27NO5/c1-19(2,3)25-18(23)20-15-11-7-10-14(15)17(22)24-12-16(21)13-8-5-4-6-9-13/h4-6,8,13-15H,7,9-12H2,1-3H3,(H,20,23)/t13?,14-,15+/m1/s1. The van der Waals surface area contributed by atoms with Gasteiger partial charge >= 0.3 is 12.1 Å². The molecule has 6 heteroatoms. The van der Waals surface area contributed by atoms with Crippen LogP contribution in [-0.4, -0.2) is 36.1 Å². The second-order valence-corrected chi connectivity index (χ2v) is 7.52. The van der Waals surface area contributed by atoms with E-state index in [1.807, 2.05) is 24.3 Å². The monoisotopic (exact) mass is 349 g/mol. The zero-order chi connectivity index (χ0) is 18.4. The lowest BCUT2D eigenvalue weighted by atomic mass is 9.96. The number of nitrogens with one attached hydrogen (secondary N) is 1. The molecule has 1 saturated carbocycles. The summed E-state index contributed by atoms with van der Waals surface area (Å²) in [6.45, 7) is 5.13. The third-order valence-electron chi connectivity index (χ3n) is 4.27. The van der Waals surface area contributed by atoms with Gasteiger partial charge in [-0.3, -0.25) is 9.59 Å². The highest BCUT2D eigenvalue weighted by molar-refractivity contribution is 5.86. The highest BCUT2D eigenvalue weighted by Gasteiger charge is 2.36. The first-order chi connectivity index (χ1) is 11.8. The van der Waals surface area contributed by atoms with Crippen LogP contribution in [0.1, 0.15) is 46.5 Å². The number of alkyl carbamates (subject to hydrolysis) is 1. The molecule has 0 spiro atoms. The molecule has 138 valence electrons. The van der Waals surface area contributed by atoms with Gasteiger partial charge in [0.2, 0.25) is 0 Å². The van der Waals surface area contributed by atoms with E-state index in [1.54, 1.807) is 20.8 Å². The van der Waals surface area contributed by atoms with Crippen molar-refractivity contribution in [1.82, 2.24) is 5.32 Å². The molecule has 1 N–H and O–H groups in total. The smallest absolute Gasteiger partial charge is 0.407 e. The van der Waals surface area contributed by atoms with E-state index >= 15 is 0 Å². The van der Waals surface area contributed by atoms with Gasteiger partial charge in [-0.05, 0) is 40.0 Å². The van der Waals surface area contributed by atoms with E-state index in [0.717, 1.165) is 6.42 Å². The summed E-state index contributed by atoms with van der Waals surface area (Å²) >= 11 is 0. The maximum absolute atomic E-state index is 12.3.